The average molecular weight is 228 g/mol. The van der Waals surface area contributed by atoms with Gasteiger partial charge < -0.3 is 10.5 Å². The Morgan fingerprint density at radius 1 is 1.60 bits per heavy atom. The minimum absolute atomic E-state index is 0.274. The lowest BCUT2D eigenvalue weighted by molar-refractivity contribution is -0.122. The highest BCUT2D eigenvalue weighted by atomic mass is 35.5. The zero-order chi connectivity index (χ0) is 11.4. The van der Waals surface area contributed by atoms with Gasteiger partial charge in [-0.05, 0) is 24.6 Å². The molecule has 1 aromatic rings. The van der Waals surface area contributed by atoms with Crippen LogP contribution in [0, 0.1) is 12.8 Å². The van der Waals surface area contributed by atoms with Crippen LogP contribution in [0.25, 0.3) is 0 Å². The van der Waals surface area contributed by atoms with Gasteiger partial charge in [-0.15, -0.1) is 0 Å². The number of amides is 1. The van der Waals surface area contributed by atoms with Gasteiger partial charge in [0, 0.05) is 5.02 Å². The van der Waals surface area contributed by atoms with Crippen molar-refractivity contribution in [3.63, 3.8) is 0 Å². The van der Waals surface area contributed by atoms with Crippen LogP contribution in [0.15, 0.2) is 18.2 Å². The Balaban J connectivity index is 2.65. The van der Waals surface area contributed by atoms with Gasteiger partial charge in [0.05, 0.1) is 12.5 Å². The molecule has 1 aromatic carbocycles. The maximum absolute atomic E-state index is 10.8. The molecule has 82 valence electrons. The van der Waals surface area contributed by atoms with E-state index in [1.807, 2.05) is 13.0 Å². The van der Waals surface area contributed by atoms with Crippen LogP contribution in [0.1, 0.15) is 12.5 Å². The number of hydrogen-bond acceptors (Lipinski definition) is 2. The van der Waals surface area contributed by atoms with E-state index in [9.17, 15) is 4.79 Å². The van der Waals surface area contributed by atoms with Gasteiger partial charge in [0.2, 0.25) is 5.91 Å². The molecule has 0 spiro atoms. The van der Waals surface area contributed by atoms with Crippen molar-refractivity contribution in [2.24, 2.45) is 11.7 Å². The number of aryl methyl sites for hydroxylation is 1. The fourth-order valence-corrected chi connectivity index (χ4v) is 1.19. The van der Waals surface area contributed by atoms with E-state index in [2.05, 4.69) is 0 Å². The fraction of sp³-hybridized carbons (Fsp3) is 0.364. The molecule has 0 aliphatic heterocycles. The van der Waals surface area contributed by atoms with Crippen LogP contribution in [-0.2, 0) is 4.79 Å². The first kappa shape index (κ1) is 11.9. The summed E-state index contributed by atoms with van der Waals surface area (Å²) in [5.74, 6) is 0.0219. The van der Waals surface area contributed by atoms with E-state index in [1.165, 1.54) is 0 Å². The van der Waals surface area contributed by atoms with Gasteiger partial charge >= 0.3 is 0 Å². The molecular weight excluding hydrogens is 214 g/mol. The van der Waals surface area contributed by atoms with Crippen LogP contribution >= 0.6 is 11.6 Å². The molecule has 0 heterocycles. The predicted molar refractivity (Wildman–Crippen MR) is 60.0 cm³/mol. The number of carbonyl (C=O) groups excluding carboxylic acids is 1. The lowest BCUT2D eigenvalue weighted by Gasteiger charge is -2.12. The number of rotatable bonds is 4. The topological polar surface area (TPSA) is 52.3 Å². The Bertz CT molecular complexity index is 366. The normalized spacial score (nSPS) is 12.2. The van der Waals surface area contributed by atoms with E-state index in [1.54, 1.807) is 19.1 Å². The van der Waals surface area contributed by atoms with E-state index in [0.29, 0.717) is 10.8 Å². The summed E-state index contributed by atoms with van der Waals surface area (Å²) in [5.41, 5.74) is 6.11. The van der Waals surface area contributed by atoms with E-state index >= 15 is 0 Å². The van der Waals surface area contributed by atoms with Gasteiger partial charge in [0.1, 0.15) is 5.75 Å². The quantitative estimate of drug-likeness (QED) is 0.857. The molecule has 0 fully saturated rings. The fourth-order valence-electron chi connectivity index (χ4n) is 1.03. The van der Waals surface area contributed by atoms with Crippen LogP contribution < -0.4 is 10.5 Å². The third-order valence-corrected chi connectivity index (χ3v) is 2.36. The zero-order valence-corrected chi connectivity index (χ0v) is 9.54. The molecule has 0 aromatic heterocycles. The minimum Gasteiger partial charge on any atom is -0.492 e. The molecule has 3 nitrogen and oxygen atoms in total. The molecule has 0 saturated carbocycles. The maximum atomic E-state index is 10.8. The number of carbonyl (C=O) groups is 1. The summed E-state index contributed by atoms with van der Waals surface area (Å²) in [6.45, 7) is 3.92. The molecule has 0 aliphatic rings. The summed E-state index contributed by atoms with van der Waals surface area (Å²) >= 11 is 5.82. The van der Waals surface area contributed by atoms with Crippen LogP contribution in [0.2, 0.25) is 5.02 Å². The van der Waals surface area contributed by atoms with E-state index in [-0.39, 0.29) is 18.4 Å². The number of nitrogens with two attached hydrogens (primary N) is 1. The van der Waals surface area contributed by atoms with Crippen molar-refractivity contribution >= 4 is 17.5 Å². The van der Waals surface area contributed by atoms with E-state index in [0.717, 1.165) is 5.56 Å². The SMILES string of the molecule is Cc1ccc(Cl)cc1OCC(C)C(N)=O. The van der Waals surface area contributed by atoms with Gasteiger partial charge in [0.25, 0.3) is 0 Å². The Morgan fingerprint density at radius 2 is 2.27 bits per heavy atom. The molecule has 1 amide bonds. The van der Waals surface area contributed by atoms with Gasteiger partial charge in [-0.2, -0.15) is 0 Å². The largest absolute Gasteiger partial charge is 0.492 e. The van der Waals surface area contributed by atoms with Gasteiger partial charge in [0.15, 0.2) is 0 Å². The second kappa shape index (κ2) is 5.03. The summed E-state index contributed by atoms with van der Waals surface area (Å²) in [5, 5.41) is 0.613. The second-order valence-corrected chi connectivity index (χ2v) is 3.96. The molecular formula is C11H14ClNO2. The van der Waals surface area contributed by atoms with Crippen molar-refractivity contribution < 1.29 is 9.53 Å². The third-order valence-electron chi connectivity index (χ3n) is 2.12. The molecule has 2 N–H and O–H groups in total. The lowest BCUT2D eigenvalue weighted by Crippen LogP contribution is -2.25. The Labute approximate surface area is 94.2 Å². The maximum Gasteiger partial charge on any atom is 0.223 e. The number of ether oxygens (including phenoxy) is 1. The number of hydrogen-bond donors (Lipinski definition) is 1. The number of primary amides is 1. The first-order valence-electron chi connectivity index (χ1n) is 4.69. The monoisotopic (exact) mass is 227 g/mol. The molecule has 1 atom stereocenters. The Hall–Kier alpha value is -1.22. The molecule has 0 bridgehead atoms. The lowest BCUT2D eigenvalue weighted by atomic mass is 10.2. The smallest absolute Gasteiger partial charge is 0.223 e. The van der Waals surface area contributed by atoms with Crippen molar-refractivity contribution in [1.82, 2.24) is 0 Å². The second-order valence-electron chi connectivity index (χ2n) is 3.52. The standard InChI is InChI=1S/C11H14ClNO2/c1-7-3-4-9(12)5-10(7)15-6-8(2)11(13)14/h3-5,8H,6H2,1-2H3,(H2,13,14). The first-order chi connectivity index (χ1) is 7.00. The summed E-state index contributed by atoms with van der Waals surface area (Å²) in [7, 11) is 0. The Morgan fingerprint density at radius 3 is 2.87 bits per heavy atom. The van der Waals surface area contributed by atoms with Crippen molar-refractivity contribution in [2.45, 2.75) is 13.8 Å². The van der Waals surface area contributed by atoms with E-state index in [4.69, 9.17) is 22.1 Å². The number of halogens is 1. The molecule has 0 aliphatic carbocycles. The van der Waals surface area contributed by atoms with Crippen LogP contribution in [-0.4, -0.2) is 12.5 Å². The molecule has 0 radical (unpaired) electrons. The first-order valence-corrected chi connectivity index (χ1v) is 5.06. The third kappa shape index (κ3) is 3.44. The van der Waals surface area contributed by atoms with Crippen molar-refractivity contribution in [1.29, 1.82) is 0 Å². The highest BCUT2D eigenvalue weighted by Gasteiger charge is 2.10. The Kier molecular flexibility index (Phi) is 3.97. The average Bonchev–Trinajstić information content (AvgIpc) is 2.18. The molecule has 1 rings (SSSR count). The van der Waals surface area contributed by atoms with Crippen molar-refractivity contribution in [3.8, 4) is 5.75 Å². The summed E-state index contributed by atoms with van der Waals surface area (Å²) in [4.78, 5) is 10.8. The molecule has 15 heavy (non-hydrogen) atoms. The van der Waals surface area contributed by atoms with Gasteiger partial charge in [-0.1, -0.05) is 24.6 Å². The summed E-state index contributed by atoms with van der Waals surface area (Å²) < 4.78 is 5.46. The number of benzene rings is 1. The van der Waals surface area contributed by atoms with Crippen LogP contribution in [0.4, 0.5) is 0 Å². The molecule has 0 saturated heterocycles. The summed E-state index contributed by atoms with van der Waals surface area (Å²) in [6, 6.07) is 5.39. The van der Waals surface area contributed by atoms with Gasteiger partial charge in [-0.25, -0.2) is 0 Å². The molecule has 1 unspecified atom stereocenters. The summed E-state index contributed by atoms with van der Waals surface area (Å²) in [6.07, 6.45) is 0. The predicted octanol–water partition coefficient (Wildman–Crippen LogP) is 2.15. The highest BCUT2D eigenvalue weighted by molar-refractivity contribution is 6.30. The van der Waals surface area contributed by atoms with Crippen molar-refractivity contribution in [3.05, 3.63) is 28.8 Å². The van der Waals surface area contributed by atoms with Crippen LogP contribution in [0.5, 0.6) is 5.75 Å². The van der Waals surface area contributed by atoms with Gasteiger partial charge in [-0.3, -0.25) is 4.79 Å². The molecule has 4 heteroatoms. The minimum atomic E-state index is -0.366. The highest BCUT2D eigenvalue weighted by Crippen LogP contribution is 2.22. The van der Waals surface area contributed by atoms with Crippen molar-refractivity contribution in [2.75, 3.05) is 6.61 Å². The zero-order valence-electron chi connectivity index (χ0n) is 8.79. The van der Waals surface area contributed by atoms with Crippen LogP contribution in [0.3, 0.4) is 0 Å². The van der Waals surface area contributed by atoms with E-state index < -0.39 is 0 Å².